The Hall–Kier alpha value is -2.20. The highest BCUT2D eigenvalue weighted by Crippen LogP contribution is 2.26. The second kappa shape index (κ2) is 6.73. The van der Waals surface area contributed by atoms with Gasteiger partial charge in [-0.25, -0.2) is 4.39 Å². The van der Waals surface area contributed by atoms with Gasteiger partial charge in [0.15, 0.2) is 0 Å². The van der Waals surface area contributed by atoms with Gasteiger partial charge in [-0.3, -0.25) is 4.98 Å². The van der Waals surface area contributed by atoms with Gasteiger partial charge in [-0.1, -0.05) is 18.6 Å². The first kappa shape index (κ1) is 16.7. The van der Waals surface area contributed by atoms with Crippen molar-refractivity contribution in [2.75, 3.05) is 0 Å². The Labute approximate surface area is 142 Å². The number of hydrogen-bond donors (Lipinski definition) is 2. The van der Waals surface area contributed by atoms with Gasteiger partial charge in [0.2, 0.25) is 0 Å². The molecule has 0 fully saturated rings. The van der Waals surface area contributed by atoms with E-state index < -0.39 is 0 Å². The van der Waals surface area contributed by atoms with Gasteiger partial charge in [-0.15, -0.1) is 0 Å². The van der Waals surface area contributed by atoms with Crippen LogP contribution in [0.1, 0.15) is 47.5 Å². The maximum atomic E-state index is 13.1. The Balaban J connectivity index is 1.86. The highest BCUT2D eigenvalue weighted by molar-refractivity contribution is 5.87. The number of fused-ring (bicyclic) bond motifs is 1. The second-order valence-corrected chi connectivity index (χ2v) is 6.46. The molecule has 3 nitrogen and oxygen atoms in total. The molecule has 4 heteroatoms. The van der Waals surface area contributed by atoms with Crippen LogP contribution in [0, 0.1) is 26.6 Å². The number of nitrogens with one attached hydrogen (secondary N) is 2. The molecule has 1 aromatic carbocycles. The zero-order valence-corrected chi connectivity index (χ0v) is 14.7. The molecule has 0 radical (unpaired) electrons. The summed E-state index contributed by atoms with van der Waals surface area (Å²) in [4.78, 5) is 7.72. The van der Waals surface area contributed by atoms with Crippen LogP contribution in [-0.4, -0.2) is 9.97 Å². The SMILES string of the molecule is CCC(NCc1cc(C)cc2c(C)c(C)[nH]c12)c1ccc(F)cn1. The molecule has 24 heavy (non-hydrogen) atoms. The number of nitrogens with zero attached hydrogens (tertiary/aromatic N) is 1. The second-order valence-electron chi connectivity index (χ2n) is 6.46. The monoisotopic (exact) mass is 325 g/mol. The molecule has 0 aliphatic rings. The lowest BCUT2D eigenvalue weighted by molar-refractivity contribution is 0.505. The van der Waals surface area contributed by atoms with Gasteiger partial charge < -0.3 is 10.3 Å². The van der Waals surface area contributed by atoms with E-state index in [0.717, 1.165) is 18.7 Å². The van der Waals surface area contributed by atoms with Gasteiger partial charge >= 0.3 is 0 Å². The number of H-pyrrole nitrogens is 1. The van der Waals surface area contributed by atoms with Crippen LogP contribution in [-0.2, 0) is 6.54 Å². The number of rotatable bonds is 5. The van der Waals surface area contributed by atoms with Gasteiger partial charge in [0.1, 0.15) is 5.82 Å². The predicted octanol–water partition coefficient (Wildman–Crippen LogP) is 4.87. The lowest BCUT2D eigenvalue weighted by Crippen LogP contribution is -2.21. The van der Waals surface area contributed by atoms with Crippen LogP contribution in [0.15, 0.2) is 30.5 Å². The molecule has 2 N–H and O–H groups in total. The standard InChI is InChI=1S/C20H24FN3/c1-5-18(19-7-6-16(21)11-23-19)22-10-15-8-12(2)9-17-13(3)14(4)24-20(15)17/h6-9,11,18,22,24H,5,10H2,1-4H3. The van der Waals surface area contributed by atoms with Crippen LogP contribution in [0.2, 0.25) is 0 Å². The molecule has 1 unspecified atom stereocenters. The average molecular weight is 325 g/mol. The van der Waals surface area contributed by atoms with E-state index in [-0.39, 0.29) is 11.9 Å². The lowest BCUT2D eigenvalue weighted by Gasteiger charge is -2.17. The van der Waals surface area contributed by atoms with Crippen molar-refractivity contribution in [1.29, 1.82) is 0 Å². The van der Waals surface area contributed by atoms with E-state index in [4.69, 9.17) is 0 Å². The smallest absolute Gasteiger partial charge is 0.141 e. The van der Waals surface area contributed by atoms with Crippen LogP contribution in [0.5, 0.6) is 0 Å². The molecule has 2 heterocycles. The lowest BCUT2D eigenvalue weighted by atomic mass is 10.0. The van der Waals surface area contributed by atoms with E-state index >= 15 is 0 Å². The maximum Gasteiger partial charge on any atom is 0.141 e. The Morgan fingerprint density at radius 1 is 1.21 bits per heavy atom. The molecular formula is C20H24FN3. The first-order valence-electron chi connectivity index (χ1n) is 8.42. The fourth-order valence-corrected chi connectivity index (χ4v) is 3.21. The van der Waals surface area contributed by atoms with Crippen LogP contribution < -0.4 is 5.32 Å². The minimum Gasteiger partial charge on any atom is -0.358 e. The molecule has 0 aliphatic carbocycles. The van der Waals surface area contributed by atoms with E-state index in [0.29, 0.717) is 0 Å². The Bertz CT molecular complexity index is 849. The predicted molar refractivity (Wildman–Crippen MR) is 96.6 cm³/mol. The van der Waals surface area contributed by atoms with Crippen molar-refractivity contribution in [3.05, 3.63) is 64.4 Å². The summed E-state index contributed by atoms with van der Waals surface area (Å²) in [6.45, 7) is 9.25. The summed E-state index contributed by atoms with van der Waals surface area (Å²) in [6.07, 6.45) is 2.18. The minimum atomic E-state index is -0.300. The first-order valence-corrected chi connectivity index (χ1v) is 8.42. The van der Waals surface area contributed by atoms with Gasteiger partial charge in [-0.05, 0) is 56.5 Å². The Morgan fingerprint density at radius 3 is 2.67 bits per heavy atom. The van der Waals surface area contributed by atoms with Crippen molar-refractivity contribution >= 4 is 10.9 Å². The number of aryl methyl sites for hydroxylation is 3. The van der Waals surface area contributed by atoms with Gasteiger partial charge in [-0.2, -0.15) is 0 Å². The van der Waals surface area contributed by atoms with E-state index in [9.17, 15) is 4.39 Å². The largest absolute Gasteiger partial charge is 0.358 e. The van der Waals surface area contributed by atoms with E-state index in [1.54, 1.807) is 6.07 Å². The number of hydrogen-bond acceptors (Lipinski definition) is 2. The number of aromatic nitrogens is 2. The third-order valence-electron chi connectivity index (χ3n) is 4.70. The maximum absolute atomic E-state index is 13.1. The quantitative estimate of drug-likeness (QED) is 0.703. The fourth-order valence-electron chi connectivity index (χ4n) is 3.21. The zero-order valence-electron chi connectivity index (χ0n) is 14.7. The van der Waals surface area contributed by atoms with Crippen molar-refractivity contribution in [3.8, 4) is 0 Å². The molecule has 126 valence electrons. The highest BCUT2D eigenvalue weighted by atomic mass is 19.1. The van der Waals surface area contributed by atoms with Gasteiger partial charge in [0, 0.05) is 23.7 Å². The van der Waals surface area contributed by atoms with Crippen LogP contribution in [0.25, 0.3) is 10.9 Å². The summed E-state index contributed by atoms with van der Waals surface area (Å²) in [5.74, 6) is -0.300. The zero-order chi connectivity index (χ0) is 17.3. The topological polar surface area (TPSA) is 40.7 Å². The Morgan fingerprint density at radius 2 is 2.00 bits per heavy atom. The normalized spacial score (nSPS) is 12.7. The molecule has 3 rings (SSSR count). The van der Waals surface area contributed by atoms with E-state index in [1.165, 1.54) is 45.6 Å². The van der Waals surface area contributed by atoms with Gasteiger partial charge in [0.25, 0.3) is 0 Å². The van der Waals surface area contributed by atoms with Crippen molar-refractivity contribution in [1.82, 2.24) is 15.3 Å². The molecule has 0 aliphatic heterocycles. The van der Waals surface area contributed by atoms with Gasteiger partial charge in [0.05, 0.1) is 17.4 Å². The molecule has 1 atom stereocenters. The van der Waals surface area contributed by atoms with Crippen molar-refractivity contribution in [2.45, 2.75) is 46.7 Å². The summed E-state index contributed by atoms with van der Waals surface area (Å²) in [7, 11) is 0. The molecule has 0 saturated heterocycles. The summed E-state index contributed by atoms with van der Waals surface area (Å²) in [6, 6.07) is 7.78. The third kappa shape index (κ3) is 3.20. The van der Waals surface area contributed by atoms with Crippen molar-refractivity contribution in [3.63, 3.8) is 0 Å². The number of pyridine rings is 1. The molecule has 0 bridgehead atoms. The summed E-state index contributed by atoms with van der Waals surface area (Å²) in [5, 5.41) is 4.85. The third-order valence-corrected chi connectivity index (χ3v) is 4.70. The highest BCUT2D eigenvalue weighted by Gasteiger charge is 2.13. The Kier molecular flexibility index (Phi) is 4.67. The number of benzene rings is 1. The number of aromatic amines is 1. The summed E-state index contributed by atoms with van der Waals surface area (Å²) < 4.78 is 13.1. The molecule has 0 amide bonds. The molecule has 0 spiro atoms. The minimum absolute atomic E-state index is 0.110. The average Bonchev–Trinajstić information content (AvgIpc) is 2.85. The van der Waals surface area contributed by atoms with Crippen molar-refractivity contribution < 1.29 is 4.39 Å². The van der Waals surface area contributed by atoms with E-state index in [2.05, 4.69) is 55.1 Å². The van der Waals surface area contributed by atoms with Crippen LogP contribution in [0.4, 0.5) is 4.39 Å². The first-order chi connectivity index (χ1) is 11.5. The molecule has 0 saturated carbocycles. The number of halogens is 1. The molecule has 2 aromatic heterocycles. The summed E-state index contributed by atoms with van der Waals surface area (Å²) in [5.41, 5.74) is 7.11. The van der Waals surface area contributed by atoms with Crippen LogP contribution in [0.3, 0.4) is 0 Å². The van der Waals surface area contributed by atoms with Crippen molar-refractivity contribution in [2.24, 2.45) is 0 Å². The fraction of sp³-hybridized carbons (Fsp3) is 0.350. The molecular weight excluding hydrogens is 301 g/mol. The van der Waals surface area contributed by atoms with E-state index in [1.807, 2.05) is 0 Å². The molecule has 3 aromatic rings. The van der Waals surface area contributed by atoms with Crippen LogP contribution >= 0.6 is 0 Å². The summed E-state index contributed by atoms with van der Waals surface area (Å²) >= 11 is 0.